The molecule has 8 heteroatoms. The van der Waals surface area contributed by atoms with E-state index in [1.54, 1.807) is 24.2 Å². The van der Waals surface area contributed by atoms with Crippen LogP contribution in [0.5, 0.6) is 0 Å². The van der Waals surface area contributed by atoms with Gasteiger partial charge in [-0.2, -0.15) is 0 Å². The van der Waals surface area contributed by atoms with Gasteiger partial charge in [-0.25, -0.2) is 4.98 Å². The minimum atomic E-state index is -0.450. The predicted molar refractivity (Wildman–Crippen MR) is 113 cm³/mol. The van der Waals surface area contributed by atoms with Crippen molar-refractivity contribution in [3.05, 3.63) is 18.2 Å². The number of rotatable bonds is 4. The molecule has 4 atom stereocenters. The van der Waals surface area contributed by atoms with Crippen LogP contribution >= 0.6 is 11.8 Å². The van der Waals surface area contributed by atoms with E-state index in [4.69, 9.17) is 4.99 Å². The van der Waals surface area contributed by atoms with Gasteiger partial charge in [0, 0.05) is 25.5 Å². The first-order valence-corrected chi connectivity index (χ1v) is 11.7. The fourth-order valence-corrected chi connectivity index (χ4v) is 6.87. The molecule has 2 saturated heterocycles. The van der Waals surface area contributed by atoms with E-state index in [-0.39, 0.29) is 11.8 Å². The van der Waals surface area contributed by atoms with Gasteiger partial charge in [0.1, 0.15) is 0 Å². The highest BCUT2D eigenvalue weighted by molar-refractivity contribution is 8.16. The van der Waals surface area contributed by atoms with Crippen LogP contribution in [0.2, 0.25) is 0 Å². The number of hydrogen-bond donors (Lipinski definition) is 2. The number of carbonyl (C=O) groups is 2. The number of aliphatic imine (C=N–C) groups is 1. The maximum atomic E-state index is 12.8. The number of piperidine rings is 1. The summed E-state index contributed by atoms with van der Waals surface area (Å²) in [6.45, 7) is 3.49. The Bertz CT molecular complexity index is 817. The Morgan fingerprint density at radius 3 is 2.79 bits per heavy atom. The Morgan fingerprint density at radius 2 is 2.14 bits per heavy atom. The van der Waals surface area contributed by atoms with E-state index in [0.717, 1.165) is 49.4 Å². The Labute approximate surface area is 175 Å². The van der Waals surface area contributed by atoms with E-state index in [1.165, 1.54) is 25.7 Å². The van der Waals surface area contributed by atoms with E-state index in [2.05, 4.69) is 22.2 Å². The number of hydrogen-bond acceptors (Lipinski definition) is 5. The Kier molecular flexibility index (Phi) is 4.92. The summed E-state index contributed by atoms with van der Waals surface area (Å²) < 4.78 is -0.450. The second-order valence-electron chi connectivity index (χ2n) is 9.34. The van der Waals surface area contributed by atoms with E-state index in [1.807, 2.05) is 4.90 Å². The number of fused-ring (bicyclic) bond motifs is 2. The number of aromatic nitrogens is 2. The third-order valence-corrected chi connectivity index (χ3v) is 8.49. The first-order chi connectivity index (χ1) is 14.0. The number of carbonyl (C=O) groups excluding carboxylic acids is 2. The smallest absolute Gasteiger partial charge is 0.289 e. The molecule has 2 N–H and O–H groups in total. The van der Waals surface area contributed by atoms with Crippen molar-refractivity contribution in [2.45, 2.75) is 62.7 Å². The number of nitrogens with one attached hydrogen (secondary N) is 2. The molecule has 3 heterocycles. The van der Waals surface area contributed by atoms with Crippen LogP contribution in [0, 0.1) is 17.8 Å². The second kappa shape index (κ2) is 7.45. The zero-order chi connectivity index (χ0) is 20.0. The van der Waals surface area contributed by atoms with Crippen LogP contribution in [0.1, 0.15) is 62.5 Å². The lowest BCUT2D eigenvalue weighted by Gasteiger charge is -2.34. The summed E-state index contributed by atoms with van der Waals surface area (Å²) in [5.74, 6) is 2.50. The molecule has 1 aromatic rings. The number of amides is 2. The summed E-state index contributed by atoms with van der Waals surface area (Å²) in [6.07, 6.45) is 11.2. The summed E-state index contributed by atoms with van der Waals surface area (Å²) in [5.41, 5.74) is 0. The number of imidazole rings is 1. The quantitative estimate of drug-likeness (QED) is 0.791. The third kappa shape index (κ3) is 3.71. The molecule has 29 heavy (non-hydrogen) atoms. The summed E-state index contributed by atoms with van der Waals surface area (Å²) in [4.78, 5) is 38.9. The topological polar surface area (TPSA) is 90.4 Å². The molecule has 2 amide bonds. The van der Waals surface area contributed by atoms with Gasteiger partial charge < -0.3 is 15.2 Å². The van der Waals surface area contributed by atoms with Crippen molar-refractivity contribution >= 4 is 28.7 Å². The summed E-state index contributed by atoms with van der Waals surface area (Å²) in [6, 6.07) is 0.412. The van der Waals surface area contributed by atoms with Crippen LogP contribution < -0.4 is 5.32 Å². The molecular weight excluding hydrogens is 386 g/mol. The van der Waals surface area contributed by atoms with Gasteiger partial charge in [-0.05, 0) is 63.2 Å². The minimum absolute atomic E-state index is 0.0343. The van der Waals surface area contributed by atoms with Crippen LogP contribution in [0.25, 0.3) is 0 Å². The molecule has 2 aliphatic carbocycles. The van der Waals surface area contributed by atoms with Gasteiger partial charge in [0.15, 0.2) is 11.0 Å². The minimum Gasteiger partial charge on any atom is -0.341 e. The summed E-state index contributed by atoms with van der Waals surface area (Å²) >= 11 is 1.63. The van der Waals surface area contributed by atoms with Crippen molar-refractivity contribution in [2.24, 2.45) is 22.7 Å². The standard InChI is InChI=1S/C21H29N5O2S/c1-21(12-13-4-8-26(9-5-13)18(27)17-22-6-7-23-17)19(28)25-20(29-21)24-16-11-14-2-3-15(16)10-14/h6-7,13-16H,2-5,8-12H2,1H3,(H,22,23)(H,24,25,28)/t14-,15+,16+,21?/m1/s1. The van der Waals surface area contributed by atoms with Crippen molar-refractivity contribution < 1.29 is 9.59 Å². The largest absolute Gasteiger partial charge is 0.341 e. The van der Waals surface area contributed by atoms with Gasteiger partial charge in [0.2, 0.25) is 5.91 Å². The second-order valence-corrected chi connectivity index (χ2v) is 10.8. The predicted octanol–water partition coefficient (Wildman–Crippen LogP) is 2.82. The molecule has 1 aromatic heterocycles. The lowest BCUT2D eigenvalue weighted by molar-refractivity contribution is -0.121. The molecule has 0 spiro atoms. The van der Waals surface area contributed by atoms with Gasteiger partial charge in [-0.15, -0.1) is 0 Å². The number of thioether (sulfide) groups is 1. The Balaban J connectivity index is 1.16. The Hall–Kier alpha value is -1.83. The van der Waals surface area contributed by atoms with Crippen molar-refractivity contribution in [3.8, 4) is 0 Å². The molecule has 156 valence electrons. The molecular formula is C21H29N5O2S. The van der Waals surface area contributed by atoms with E-state index >= 15 is 0 Å². The fourth-order valence-electron chi connectivity index (χ4n) is 5.65. The number of amidine groups is 1. The van der Waals surface area contributed by atoms with Crippen molar-refractivity contribution in [1.29, 1.82) is 0 Å². The zero-order valence-electron chi connectivity index (χ0n) is 16.9. The molecule has 7 nitrogen and oxygen atoms in total. The fraction of sp³-hybridized carbons (Fsp3) is 0.714. The molecule has 2 saturated carbocycles. The maximum Gasteiger partial charge on any atom is 0.289 e. The number of nitrogens with zero attached hydrogens (tertiary/aromatic N) is 3. The first kappa shape index (κ1) is 19.2. The van der Waals surface area contributed by atoms with Crippen LogP contribution in [-0.4, -0.2) is 55.7 Å². The van der Waals surface area contributed by atoms with E-state index in [9.17, 15) is 9.59 Å². The molecule has 2 aliphatic heterocycles. The van der Waals surface area contributed by atoms with Gasteiger partial charge in [-0.1, -0.05) is 18.2 Å². The van der Waals surface area contributed by atoms with Crippen LogP contribution in [-0.2, 0) is 4.79 Å². The monoisotopic (exact) mass is 415 g/mol. The van der Waals surface area contributed by atoms with Crippen molar-refractivity contribution in [2.75, 3.05) is 13.1 Å². The van der Waals surface area contributed by atoms with Crippen LogP contribution in [0.4, 0.5) is 0 Å². The lowest BCUT2D eigenvalue weighted by atomic mass is 9.87. The van der Waals surface area contributed by atoms with E-state index < -0.39 is 4.75 Å². The first-order valence-electron chi connectivity index (χ1n) is 10.9. The molecule has 4 aliphatic rings. The normalized spacial score (nSPS) is 36.2. The molecule has 4 fully saturated rings. The van der Waals surface area contributed by atoms with E-state index in [0.29, 0.717) is 17.8 Å². The zero-order valence-corrected chi connectivity index (χ0v) is 17.7. The molecule has 0 aromatic carbocycles. The Morgan fingerprint density at radius 1 is 1.31 bits per heavy atom. The average molecular weight is 416 g/mol. The van der Waals surface area contributed by atoms with Gasteiger partial charge >= 0.3 is 0 Å². The SMILES string of the molecule is CC1(CC2CCN(C(=O)c3ncc[nH]3)CC2)SC(=N[C@H]2C[C@@H]3CC[C@H]2C3)NC1=O. The number of H-pyrrole nitrogens is 1. The van der Waals surface area contributed by atoms with Crippen molar-refractivity contribution in [1.82, 2.24) is 20.2 Å². The maximum absolute atomic E-state index is 12.8. The molecule has 1 unspecified atom stereocenters. The van der Waals surface area contributed by atoms with Crippen LogP contribution in [0.15, 0.2) is 17.4 Å². The van der Waals surface area contributed by atoms with Crippen LogP contribution in [0.3, 0.4) is 0 Å². The summed E-state index contributed by atoms with van der Waals surface area (Å²) in [7, 11) is 0. The molecule has 2 bridgehead atoms. The molecule has 0 radical (unpaired) electrons. The molecule has 5 rings (SSSR count). The van der Waals surface area contributed by atoms with Gasteiger partial charge in [-0.3, -0.25) is 14.6 Å². The van der Waals surface area contributed by atoms with Gasteiger partial charge in [0.05, 0.1) is 10.8 Å². The third-order valence-electron chi connectivity index (χ3n) is 7.29. The lowest BCUT2D eigenvalue weighted by Crippen LogP contribution is -2.42. The highest BCUT2D eigenvalue weighted by Gasteiger charge is 2.46. The van der Waals surface area contributed by atoms with Crippen molar-refractivity contribution in [3.63, 3.8) is 0 Å². The van der Waals surface area contributed by atoms with Gasteiger partial charge in [0.25, 0.3) is 5.91 Å². The highest BCUT2D eigenvalue weighted by Crippen LogP contribution is 2.47. The average Bonchev–Trinajstić information content (AvgIpc) is 3.48. The summed E-state index contributed by atoms with van der Waals surface area (Å²) in [5, 5.41) is 3.90. The number of aromatic amines is 1. The highest BCUT2D eigenvalue weighted by atomic mass is 32.2. The number of likely N-dealkylation sites (tertiary alicyclic amines) is 1.